The number of nitriles is 1. The van der Waals surface area contributed by atoms with Crippen LogP contribution in [0.25, 0.3) is 0 Å². The van der Waals surface area contributed by atoms with E-state index in [1.165, 1.54) is 30.5 Å². The molecule has 0 unspecified atom stereocenters. The van der Waals surface area contributed by atoms with E-state index in [4.69, 9.17) is 25.4 Å². The van der Waals surface area contributed by atoms with Crippen molar-refractivity contribution in [3.05, 3.63) is 53.0 Å². The molecule has 2 amide bonds. The van der Waals surface area contributed by atoms with Crippen molar-refractivity contribution in [2.75, 3.05) is 12.1 Å². The third-order valence-corrected chi connectivity index (χ3v) is 7.18. The van der Waals surface area contributed by atoms with Gasteiger partial charge in [-0.25, -0.2) is 19.0 Å². The number of carbonyl (C=O) groups excluding carboxylic acids is 3. The van der Waals surface area contributed by atoms with E-state index in [1.807, 2.05) is 13.0 Å². The number of nitrogens with two attached hydrogens (primary N) is 1. The number of nitrogens with one attached hydrogen (secondary N) is 2. The third kappa shape index (κ3) is 5.74. The number of pyridine rings is 1. The molecular formula is C27H30FN5O7. The van der Waals surface area contributed by atoms with Crippen LogP contribution in [0, 0.1) is 23.1 Å². The van der Waals surface area contributed by atoms with Gasteiger partial charge < -0.3 is 20.5 Å². The molecule has 4 N–H and O–H groups in total. The number of ether oxygens (including phenoxy) is 2. The Kier molecular flexibility index (Phi) is 8.63. The van der Waals surface area contributed by atoms with E-state index < -0.39 is 48.4 Å². The van der Waals surface area contributed by atoms with Gasteiger partial charge >= 0.3 is 12.0 Å². The Morgan fingerprint density at radius 1 is 1.32 bits per heavy atom. The Balaban J connectivity index is 1.48. The van der Waals surface area contributed by atoms with Gasteiger partial charge in [0, 0.05) is 30.1 Å². The van der Waals surface area contributed by atoms with E-state index in [0.717, 1.165) is 0 Å². The molecule has 1 saturated carbocycles. The van der Waals surface area contributed by atoms with Crippen molar-refractivity contribution in [1.29, 1.82) is 5.26 Å². The summed E-state index contributed by atoms with van der Waals surface area (Å²) >= 11 is 0. The van der Waals surface area contributed by atoms with Crippen molar-refractivity contribution in [2.24, 2.45) is 11.7 Å². The van der Waals surface area contributed by atoms with Crippen LogP contribution in [0.1, 0.15) is 67.4 Å². The SMILES string of the molecule is CCC(=O)c1ccc(F)c([C@@H]2C[C@@H]2NC(=O)Nc2ccc(C#N)cn2)c1OCO[C@H]1OOC(=O)[C@]1(N)[C@@H](C)CC. The van der Waals surface area contributed by atoms with Crippen molar-refractivity contribution in [2.45, 2.75) is 63.8 Å². The molecule has 1 aromatic heterocycles. The lowest BCUT2D eigenvalue weighted by molar-refractivity contribution is -0.327. The van der Waals surface area contributed by atoms with Crippen molar-refractivity contribution >= 4 is 23.6 Å². The predicted molar refractivity (Wildman–Crippen MR) is 137 cm³/mol. The highest BCUT2D eigenvalue weighted by Crippen LogP contribution is 2.47. The summed E-state index contributed by atoms with van der Waals surface area (Å²) in [5, 5.41) is 14.2. The number of hydrogen-bond acceptors (Lipinski definition) is 10. The van der Waals surface area contributed by atoms with E-state index in [9.17, 15) is 14.4 Å². The minimum absolute atomic E-state index is 0.0216. The number of nitrogens with zero attached hydrogens (tertiary/aromatic N) is 2. The fourth-order valence-corrected chi connectivity index (χ4v) is 4.44. The highest BCUT2D eigenvalue weighted by atomic mass is 19.1. The first-order valence-corrected chi connectivity index (χ1v) is 12.8. The number of Topliss-reactive ketones (excluding diaryl/α,β-unsaturated/α-hetero) is 1. The molecule has 40 heavy (non-hydrogen) atoms. The summed E-state index contributed by atoms with van der Waals surface area (Å²) in [6.45, 7) is 4.75. The zero-order valence-corrected chi connectivity index (χ0v) is 22.2. The Morgan fingerprint density at radius 3 is 2.75 bits per heavy atom. The molecule has 0 spiro atoms. The first kappa shape index (κ1) is 28.9. The zero-order valence-electron chi connectivity index (χ0n) is 22.2. The average Bonchev–Trinajstić information content (AvgIpc) is 3.64. The van der Waals surface area contributed by atoms with Gasteiger partial charge in [0.2, 0.25) is 6.29 Å². The van der Waals surface area contributed by atoms with Crippen LogP contribution in [0.5, 0.6) is 5.75 Å². The number of amides is 2. The molecule has 0 bridgehead atoms. The Hall–Kier alpha value is -4.12. The second-order valence-electron chi connectivity index (χ2n) is 9.68. The molecule has 2 fully saturated rings. The number of hydrogen-bond donors (Lipinski definition) is 3. The van der Waals surface area contributed by atoms with E-state index in [0.29, 0.717) is 18.4 Å². The van der Waals surface area contributed by atoms with Gasteiger partial charge in [0.05, 0.1) is 11.1 Å². The third-order valence-electron chi connectivity index (χ3n) is 7.18. The maximum atomic E-state index is 15.2. The van der Waals surface area contributed by atoms with Gasteiger partial charge in [-0.3, -0.25) is 15.0 Å². The highest BCUT2D eigenvalue weighted by molar-refractivity contribution is 5.99. The largest absolute Gasteiger partial charge is 0.466 e. The van der Waals surface area contributed by atoms with E-state index >= 15 is 4.39 Å². The molecule has 2 aromatic rings. The van der Waals surface area contributed by atoms with Gasteiger partial charge in [-0.05, 0) is 36.6 Å². The number of carbonyl (C=O) groups is 3. The van der Waals surface area contributed by atoms with E-state index in [-0.39, 0.29) is 40.8 Å². The van der Waals surface area contributed by atoms with Crippen LogP contribution in [0.2, 0.25) is 0 Å². The molecule has 5 atom stereocenters. The van der Waals surface area contributed by atoms with Crippen molar-refractivity contribution in [3.8, 4) is 11.8 Å². The molecule has 12 nitrogen and oxygen atoms in total. The van der Waals surface area contributed by atoms with Crippen molar-refractivity contribution in [3.63, 3.8) is 0 Å². The maximum absolute atomic E-state index is 15.2. The molecule has 2 heterocycles. The molecule has 212 valence electrons. The van der Waals surface area contributed by atoms with Crippen LogP contribution >= 0.6 is 0 Å². The van der Waals surface area contributed by atoms with Gasteiger partial charge in [0.1, 0.15) is 23.5 Å². The Labute approximate surface area is 229 Å². The van der Waals surface area contributed by atoms with Crippen molar-refractivity contribution in [1.82, 2.24) is 10.3 Å². The summed E-state index contributed by atoms with van der Waals surface area (Å²) in [6, 6.07) is 6.43. The molecule has 1 aliphatic heterocycles. The number of aromatic nitrogens is 1. The molecule has 1 saturated heterocycles. The molecular weight excluding hydrogens is 525 g/mol. The standard InChI is InChI=1S/C27H30FN5O7/c1-4-14(3)27(30)24(35)39-40-25(27)38-13-37-23-16(20(34)5-2)7-8-18(28)22(23)17-10-19(17)32-26(36)33-21-9-6-15(11-29)12-31-21/h6-9,12,14,17,19,25H,4-5,10,13,30H2,1-3H3,(H2,31,32,33,36)/t14-,17+,19-,25-,27+/m0/s1. The summed E-state index contributed by atoms with van der Waals surface area (Å²) in [5.74, 6) is -2.29. The minimum Gasteiger partial charge on any atom is -0.466 e. The molecule has 1 aliphatic carbocycles. The summed E-state index contributed by atoms with van der Waals surface area (Å²) < 4.78 is 26.6. The molecule has 0 radical (unpaired) electrons. The number of halogens is 1. The Morgan fingerprint density at radius 2 is 2.10 bits per heavy atom. The zero-order chi connectivity index (χ0) is 29.0. The lowest BCUT2D eigenvalue weighted by Crippen LogP contribution is -2.58. The van der Waals surface area contributed by atoms with E-state index in [1.54, 1.807) is 13.8 Å². The van der Waals surface area contributed by atoms with Crippen LogP contribution in [0.15, 0.2) is 30.5 Å². The van der Waals surface area contributed by atoms with Gasteiger partial charge in [-0.2, -0.15) is 10.1 Å². The second kappa shape index (κ2) is 12.0. The van der Waals surface area contributed by atoms with Gasteiger partial charge in [0.15, 0.2) is 18.1 Å². The smallest absolute Gasteiger partial charge is 0.367 e. The highest BCUT2D eigenvalue weighted by Gasteiger charge is 2.56. The molecule has 1 aromatic carbocycles. The number of benzene rings is 1. The average molecular weight is 556 g/mol. The number of anilines is 1. The summed E-state index contributed by atoms with van der Waals surface area (Å²) in [6.07, 6.45) is 1.11. The summed E-state index contributed by atoms with van der Waals surface area (Å²) in [4.78, 5) is 51.0. The van der Waals surface area contributed by atoms with Gasteiger partial charge in [-0.1, -0.05) is 27.2 Å². The fourth-order valence-electron chi connectivity index (χ4n) is 4.44. The minimum atomic E-state index is -1.58. The van der Waals surface area contributed by atoms with Gasteiger partial charge in [-0.15, -0.1) is 0 Å². The van der Waals surface area contributed by atoms with Crippen LogP contribution in [0.3, 0.4) is 0 Å². The monoisotopic (exact) mass is 555 g/mol. The summed E-state index contributed by atoms with van der Waals surface area (Å²) in [5.41, 5.74) is 5.31. The van der Waals surface area contributed by atoms with Crippen LogP contribution < -0.4 is 21.1 Å². The fraction of sp³-hybridized carbons (Fsp3) is 0.444. The lowest BCUT2D eigenvalue weighted by atomic mass is 9.84. The lowest BCUT2D eigenvalue weighted by Gasteiger charge is -2.29. The first-order chi connectivity index (χ1) is 19.1. The maximum Gasteiger partial charge on any atom is 0.367 e. The number of ketones is 1. The van der Waals surface area contributed by atoms with Crippen LogP contribution in [-0.4, -0.2) is 47.4 Å². The first-order valence-electron chi connectivity index (χ1n) is 12.8. The predicted octanol–water partition coefficient (Wildman–Crippen LogP) is 3.27. The van der Waals surface area contributed by atoms with Crippen LogP contribution in [0.4, 0.5) is 15.0 Å². The topological polar surface area (TPSA) is 175 Å². The molecule has 4 rings (SSSR count). The quantitative estimate of drug-likeness (QED) is 0.212. The molecule has 2 aliphatic rings. The number of urea groups is 1. The summed E-state index contributed by atoms with van der Waals surface area (Å²) in [7, 11) is 0. The Bertz CT molecular complexity index is 1330. The van der Waals surface area contributed by atoms with Crippen molar-refractivity contribution < 1.29 is 38.0 Å². The normalized spacial score (nSPS) is 24.0. The molecule has 13 heteroatoms. The van der Waals surface area contributed by atoms with Gasteiger partial charge in [0.25, 0.3) is 0 Å². The number of rotatable bonds is 11. The van der Waals surface area contributed by atoms with E-state index in [2.05, 4.69) is 20.5 Å². The second-order valence-corrected chi connectivity index (χ2v) is 9.68. The van der Waals surface area contributed by atoms with Crippen LogP contribution in [-0.2, 0) is 19.3 Å².